The van der Waals surface area contributed by atoms with Gasteiger partial charge in [0.05, 0.1) is 5.56 Å². The minimum Gasteiger partial charge on any atom is -0.263 e. The van der Waals surface area contributed by atoms with Gasteiger partial charge in [0.1, 0.15) is 6.07 Å². The van der Waals surface area contributed by atoms with Crippen LogP contribution in [0.1, 0.15) is 16.7 Å². The summed E-state index contributed by atoms with van der Waals surface area (Å²) < 4.78 is 0. The van der Waals surface area contributed by atoms with Crippen molar-refractivity contribution in [3.05, 3.63) is 35.7 Å². The van der Waals surface area contributed by atoms with Gasteiger partial charge in [-0.15, -0.1) is 0 Å². The summed E-state index contributed by atoms with van der Waals surface area (Å²) in [6.45, 7) is 5.50. The van der Waals surface area contributed by atoms with Crippen molar-refractivity contribution < 1.29 is 0 Å². The predicted molar refractivity (Wildman–Crippen MR) is 43.8 cm³/mol. The van der Waals surface area contributed by atoms with Crippen molar-refractivity contribution in [2.24, 2.45) is 0 Å². The van der Waals surface area contributed by atoms with Crippen LogP contribution in [-0.2, 0) is 0 Å². The van der Waals surface area contributed by atoms with Crippen molar-refractivity contribution in [2.75, 3.05) is 0 Å². The highest BCUT2D eigenvalue weighted by Crippen LogP contribution is 2.11. The Labute approximate surface area is 65.8 Å². The monoisotopic (exact) mass is 144 g/mol. The number of aromatic nitrogens is 1. The van der Waals surface area contributed by atoms with Crippen LogP contribution in [-0.4, -0.2) is 4.98 Å². The molecule has 0 aromatic carbocycles. The quantitative estimate of drug-likeness (QED) is 0.603. The van der Waals surface area contributed by atoms with Gasteiger partial charge >= 0.3 is 0 Å². The molecule has 0 aliphatic rings. The molecule has 0 saturated heterocycles. The third-order valence-corrected chi connectivity index (χ3v) is 1.59. The second kappa shape index (κ2) is 2.98. The first-order valence-electron chi connectivity index (χ1n) is 3.26. The zero-order valence-corrected chi connectivity index (χ0v) is 6.33. The van der Waals surface area contributed by atoms with Crippen molar-refractivity contribution >= 4 is 6.08 Å². The molecule has 1 heterocycles. The van der Waals surface area contributed by atoms with Crippen LogP contribution in [0.5, 0.6) is 0 Å². The second-order valence-electron chi connectivity index (χ2n) is 2.22. The third kappa shape index (κ3) is 1.27. The van der Waals surface area contributed by atoms with Crippen LogP contribution in [0.4, 0.5) is 0 Å². The highest BCUT2D eigenvalue weighted by molar-refractivity contribution is 5.54. The van der Waals surface area contributed by atoms with Gasteiger partial charge in [-0.3, -0.25) is 4.98 Å². The summed E-state index contributed by atoms with van der Waals surface area (Å²) in [6.07, 6.45) is 4.95. The van der Waals surface area contributed by atoms with E-state index < -0.39 is 0 Å². The minimum absolute atomic E-state index is 0.613. The molecule has 0 aliphatic carbocycles. The number of hydrogen-bond acceptors (Lipinski definition) is 2. The van der Waals surface area contributed by atoms with E-state index in [0.29, 0.717) is 5.56 Å². The molecule has 0 amide bonds. The molecule has 1 rings (SSSR count). The zero-order valence-electron chi connectivity index (χ0n) is 6.33. The lowest BCUT2D eigenvalue weighted by Crippen LogP contribution is -1.88. The number of rotatable bonds is 1. The fourth-order valence-electron chi connectivity index (χ4n) is 0.860. The number of nitriles is 1. The molecule has 54 valence electrons. The lowest BCUT2D eigenvalue weighted by molar-refractivity contribution is 1.24. The van der Waals surface area contributed by atoms with Crippen molar-refractivity contribution in [1.29, 1.82) is 5.26 Å². The molecule has 0 unspecified atom stereocenters. The number of hydrogen-bond donors (Lipinski definition) is 0. The summed E-state index contributed by atoms with van der Waals surface area (Å²) in [5, 5.41) is 8.61. The molecule has 1 aromatic rings. The first kappa shape index (κ1) is 7.49. The Kier molecular flexibility index (Phi) is 2.03. The van der Waals surface area contributed by atoms with Crippen molar-refractivity contribution in [2.45, 2.75) is 6.92 Å². The van der Waals surface area contributed by atoms with Crippen LogP contribution in [0.25, 0.3) is 6.08 Å². The fourth-order valence-corrected chi connectivity index (χ4v) is 0.860. The average Bonchev–Trinajstić information content (AvgIpc) is 2.05. The van der Waals surface area contributed by atoms with Crippen molar-refractivity contribution in [3.8, 4) is 6.07 Å². The molecule has 0 N–H and O–H groups in total. The molecule has 0 saturated carbocycles. The van der Waals surface area contributed by atoms with E-state index in [1.807, 2.05) is 6.92 Å². The molecule has 11 heavy (non-hydrogen) atoms. The van der Waals surface area contributed by atoms with Crippen molar-refractivity contribution in [1.82, 2.24) is 4.98 Å². The van der Waals surface area contributed by atoms with Crippen LogP contribution in [0, 0.1) is 18.3 Å². The first-order valence-corrected chi connectivity index (χ1v) is 3.26. The van der Waals surface area contributed by atoms with E-state index in [4.69, 9.17) is 5.26 Å². The van der Waals surface area contributed by atoms with Crippen LogP contribution in [0.2, 0.25) is 0 Å². The fraction of sp³-hybridized carbons (Fsp3) is 0.111. The zero-order chi connectivity index (χ0) is 8.27. The Balaban J connectivity index is 3.34. The van der Waals surface area contributed by atoms with E-state index in [2.05, 4.69) is 17.6 Å². The van der Waals surface area contributed by atoms with Gasteiger partial charge in [0.25, 0.3) is 0 Å². The van der Waals surface area contributed by atoms with Gasteiger partial charge in [0, 0.05) is 12.4 Å². The van der Waals surface area contributed by atoms with Gasteiger partial charge in [-0.05, 0) is 18.1 Å². The van der Waals surface area contributed by atoms with E-state index in [9.17, 15) is 0 Å². The highest BCUT2D eigenvalue weighted by Gasteiger charge is 1.99. The Morgan fingerprint density at radius 2 is 2.36 bits per heavy atom. The summed E-state index contributed by atoms with van der Waals surface area (Å²) in [6, 6.07) is 2.06. The summed E-state index contributed by atoms with van der Waals surface area (Å²) in [4.78, 5) is 3.89. The van der Waals surface area contributed by atoms with Crippen LogP contribution in [0.15, 0.2) is 19.0 Å². The Bertz CT molecular complexity index is 321. The molecule has 0 aliphatic heterocycles. The van der Waals surface area contributed by atoms with E-state index in [1.54, 1.807) is 18.5 Å². The van der Waals surface area contributed by atoms with Gasteiger partial charge in [-0.2, -0.15) is 5.26 Å². The summed E-state index contributed by atoms with van der Waals surface area (Å²) in [5.74, 6) is 0. The maximum absolute atomic E-state index is 8.61. The molecule has 0 bridgehead atoms. The van der Waals surface area contributed by atoms with Crippen LogP contribution >= 0.6 is 0 Å². The predicted octanol–water partition coefficient (Wildman–Crippen LogP) is 1.90. The molecule has 2 heteroatoms. The molecule has 0 atom stereocenters. The van der Waals surface area contributed by atoms with Crippen LogP contribution < -0.4 is 0 Å². The molecule has 0 radical (unpaired) electrons. The summed E-state index contributed by atoms with van der Waals surface area (Å²) in [7, 11) is 0. The average molecular weight is 144 g/mol. The molecular weight excluding hydrogens is 136 g/mol. The lowest BCUT2D eigenvalue weighted by atomic mass is 10.1. The van der Waals surface area contributed by atoms with Crippen molar-refractivity contribution in [3.63, 3.8) is 0 Å². The molecule has 2 nitrogen and oxygen atoms in total. The second-order valence-corrected chi connectivity index (χ2v) is 2.22. The Morgan fingerprint density at radius 3 is 2.91 bits per heavy atom. The normalized spacial score (nSPS) is 8.73. The summed E-state index contributed by atoms with van der Waals surface area (Å²) >= 11 is 0. The molecular formula is C9H8N2. The van der Waals surface area contributed by atoms with E-state index >= 15 is 0 Å². The molecule has 1 aromatic heterocycles. The van der Waals surface area contributed by atoms with Gasteiger partial charge in [0.2, 0.25) is 0 Å². The van der Waals surface area contributed by atoms with Gasteiger partial charge in [-0.1, -0.05) is 12.7 Å². The van der Waals surface area contributed by atoms with Gasteiger partial charge < -0.3 is 0 Å². The van der Waals surface area contributed by atoms with E-state index in [0.717, 1.165) is 11.1 Å². The molecule has 0 spiro atoms. The minimum atomic E-state index is 0.613. The SMILES string of the molecule is C=Cc1cncc(C#N)c1C. The topological polar surface area (TPSA) is 36.7 Å². The first-order chi connectivity index (χ1) is 5.29. The number of pyridine rings is 1. The Morgan fingerprint density at radius 1 is 1.64 bits per heavy atom. The third-order valence-electron chi connectivity index (χ3n) is 1.59. The standard InChI is InChI=1S/C9H8N2/c1-3-8-5-11-6-9(4-10)7(8)2/h3,5-6H,1H2,2H3. The Hall–Kier alpha value is -1.62. The largest absolute Gasteiger partial charge is 0.263 e. The van der Waals surface area contributed by atoms with Gasteiger partial charge in [0.15, 0.2) is 0 Å². The smallest absolute Gasteiger partial charge is 0.101 e. The highest BCUT2D eigenvalue weighted by atomic mass is 14.6. The van der Waals surface area contributed by atoms with Crippen LogP contribution in [0.3, 0.4) is 0 Å². The van der Waals surface area contributed by atoms with E-state index in [1.165, 1.54) is 0 Å². The lowest BCUT2D eigenvalue weighted by Gasteiger charge is -1.98. The van der Waals surface area contributed by atoms with E-state index in [-0.39, 0.29) is 0 Å². The molecule has 0 fully saturated rings. The maximum atomic E-state index is 8.61. The maximum Gasteiger partial charge on any atom is 0.101 e. The van der Waals surface area contributed by atoms with Gasteiger partial charge in [-0.25, -0.2) is 0 Å². The summed E-state index contributed by atoms with van der Waals surface area (Å²) in [5.41, 5.74) is 2.48. The number of nitrogens with zero attached hydrogens (tertiary/aromatic N) is 2.